The van der Waals surface area contributed by atoms with Crippen LogP contribution < -0.4 is 39.8 Å². The van der Waals surface area contributed by atoms with Crippen LogP contribution in [-0.2, 0) is 46.9 Å². The van der Waals surface area contributed by atoms with Gasteiger partial charge in [-0.2, -0.15) is 0 Å². The molecule has 62 heavy (non-hydrogen) atoms. The van der Waals surface area contributed by atoms with Crippen molar-refractivity contribution in [2.75, 3.05) is 46.2 Å². The molecule has 0 saturated carbocycles. The zero-order valence-corrected chi connectivity index (χ0v) is 42.3. The maximum Gasteiger partial charge on any atom is 1.00 e. The number of unbranched alkanes of at least 4 members (excludes halogenated alkanes) is 28. The summed E-state index contributed by atoms with van der Waals surface area (Å²) in [6.45, 7) is 1.97. The number of ether oxygens (including phenoxy) is 4. The Morgan fingerprint density at radius 3 is 1.35 bits per heavy atom. The largest absolute Gasteiger partial charge is 1.00 e. The van der Waals surface area contributed by atoms with Gasteiger partial charge >= 0.3 is 53.6 Å². The SMILES string of the molecule is CCCCCCCCCCCCCCCCCC(=O)OC[C@H](COP(=O)([O-])OCCNC(=O)OCCOCC(=O)O)OC(=O)CCCCCCCCCCCCCCCCC.[Na+]. The molecule has 0 saturated heterocycles. The molecule has 0 aromatic heterocycles. The molecule has 1 amide bonds. The van der Waals surface area contributed by atoms with Crippen molar-refractivity contribution in [3.8, 4) is 0 Å². The van der Waals surface area contributed by atoms with Crippen LogP contribution in [0.25, 0.3) is 0 Å². The molecular weight excluding hydrogens is 828 g/mol. The Morgan fingerprint density at radius 2 is 0.935 bits per heavy atom. The third kappa shape index (κ3) is 48.2. The van der Waals surface area contributed by atoms with E-state index in [0.29, 0.717) is 12.8 Å². The summed E-state index contributed by atoms with van der Waals surface area (Å²) in [5, 5.41) is 10.8. The summed E-state index contributed by atoms with van der Waals surface area (Å²) in [4.78, 5) is 59.8. The molecule has 2 atom stereocenters. The first-order chi connectivity index (χ1) is 29.6. The molecule has 2 N–H and O–H groups in total. The summed E-state index contributed by atoms with van der Waals surface area (Å²) in [6.07, 6.45) is 34.6. The van der Waals surface area contributed by atoms with E-state index in [1.807, 2.05) is 0 Å². The molecule has 0 spiro atoms. The van der Waals surface area contributed by atoms with Crippen LogP contribution in [0.3, 0.4) is 0 Å². The van der Waals surface area contributed by atoms with Crippen LogP contribution in [0.2, 0.25) is 0 Å². The zero-order chi connectivity index (χ0) is 44.9. The molecule has 0 bridgehead atoms. The predicted octanol–water partition coefficient (Wildman–Crippen LogP) is 8.30. The Balaban J connectivity index is 0. The first kappa shape index (κ1) is 62.8. The van der Waals surface area contributed by atoms with Gasteiger partial charge in [0.2, 0.25) is 0 Å². The Morgan fingerprint density at radius 1 is 0.532 bits per heavy atom. The van der Waals surface area contributed by atoms with Crippen LogP contribution in [0, 0.1) is 0 Å². The molecule has 0 heterocycles. The predicted molar refractivity (Wildman–Crippen MR) is 237 cm³/mol. The number of hydrogen-bond acceptors (Lipinski definition) is 12. The van der Waals surface area contributed by atoms with Crippen LogP contribution in [0.5, 0.6) is 0 Å². The van der Waals surface area contributed by atoms with Gasteiger partial charge < -0.3 is 43.3 Å². The molecule has 1 unspecified atom stereocenters. The summed E-state index contributed by atoms with van der Waals surface area (Å²) in [6, 6.07) is 0. The van der Waals surface area contributed by atoms with E-state index in [1.54, 1.807) is 0 Å². The van der Waals surface area contributed by atoms with Gasteiger partial charge in [0.1, 0.15) is 19.8 Å². The molecule has 0 aliphatic heterocycles. The van der Waals surface area contributed by atoms with E-state index < -0.39 is 57.7 Å². The number of phosphoric acid groups is 1. The number of hydrogen-bond donors (Lipinski definition) is 2. The Bertz CT molecular complexity index is 1100. The third-order valence-electron chi connectivity index (χ3n) is 10.4. The molecule has 14 nitrogen and oxygen atoms in total. The maximum atomic E-state index is 12.7. The van der Waals surface area contributed by atoms with Gasteiger partial charge in [0.15, 0.2) is 6.10 Å². The van der Waals surface area contributed by atoms with E-state index in [4.69, 9.17) is 33.1 Å². The van der Waals surface area contributed by atoms with Crippen LogP contribution in [0.15, 0.2) is 0 Å². The van der Waals surface area contributed by atoms with Gasteiger partial charge in [-0.05, 0) is 12.8 Å². The normalized spacial score (nSPS) is 12.6. The van der Waals surface area contributed by atoms with Crippen molar-refractivity contribution < 1.29 is 91.3 Å². The van der Waals surface area contributed by atoms with Crippen molar-refractivity contribution >= 4 is 31.8 Å². The molecule has 360 valence electrons. The van der Waals surface area contributed by atoms with Gasteiger partial charge in [0, 0.05) is 19.4 Å². The van der Waals surface area contributed by atoms with Crippen molar-refractivity contribution in [3.05, 3.63) is 0 Å². The summed E-state index contributed by atoms with van der Waals surface area (Å²) in [5.41, 5.74) is 0. The summed E-state index contributed by atoms with van der Waals surface area (Å²) >= 11 is 0. The number of carboxylic acid groups (broad SMARTS) is 1. The molecule has 0 aromatic carbocycles. The fraction of sp³-hybridized carbons (Fsp3) is 0.913. The first-order valence-electron chi connectivity index (χ1n) is 24.2. The number of carboxylic acids is 1. The van der Waals surface area contributed by atoms with Crippen LogP contribution in [0.1, 0.15) is 219 Å². The summed E-state index contributed by atoms with van der Waals surface area (Å²) < 4.78 is 42.6. The van der Waals surface area contributed by atoms with Crippen LogP contribution in [-0.4, -0.2) is 81.4 Å². The average molecular weight is 916 g/mol. The minimum Gasteiger partial charge on any atom is -0.756 e. The second-order valence-electron chi connectivity index (χ2n) is 16.3. The molecule has 0 rings (SSSR count). The minimum absolute atomic E-state index is 0. The summed E-state index contributed by atoms with van der Waals surface area (Å²) in [7, 11) is -4.89. The number of carbonyl (C=O) groups excluding carboxylic acids is 3. The second kappa shape index (κ2) is 47.7. The van der Waals surface area contributed by atoms with E-state index in [9.17, 15) is 28.6 Å². The van der Waals surface area contributed by atoms with E-state index in [-0.39, 0.29) is 68.8 Å². The molecule has 16 heteroatoms. The van der Waals surface area contributed by atoms with E-state index in [2.05, 4.69) is 19.2 Å². The quantitative estimate of drug-likeness (QED) is 0.0195. The molecular formula is C46H87NNaO13P. The Hall–Kier alpha value is -1.25. The number of alkyl carbamates (subject to hydrolysis) is 1. The fourth-order valence-electron chi connectivity index (χ4n) is 6.83. The van der Waals surface area contributed by atoms with Crippen molar-refractivity contribution in [1.82, 2.24) is 5.32 Å². The number of nitrogens with one attached hydrogen (secondary N) is 1. The Kier molecular flexibility index (Phi) is 48.3. The van der Waals surface area contributed by atoms with E-state index >= 15 is 0 Å². The minimum atomic E-state index is -4.89. The summed E-state index contributed by atoms with van der Waals surface area (Å²) in [5.74, 6) is -2.14. The van der Waals surface area contributed by atoms with Crippen molar-refractivity contribution in [3.63, 3.8) is 0 Å². The van der Waals surface area contributed by atoms with Gasteiger partial charge in [-0.3, -0.25) is 14.2 Å². The van der Waals surface area contributed by atoms with Crippen molar-refractivity contribution in [2.24, 2.45) is 0 Å². The molecule has 0 radical (unpaired) electrons. The number of aliphatic carboxylic acids is 1. The fourth-order valence-corrected chi connectivity index (χ4v) is 7.56. The van der Waals surface area contributed by atoms with Crippen LogP contribution in [0.4, 0.5) is 4.79 Å². The van der Waals surface area contributed by atoms with Crippen LogP contribution >= 0.6 is 7.82 Å². The number of esters is 2. The van der Waals surface area contributed by atoms with Gasteiger partial charge in [-0.15, -0.1) is 0 Å². The monoisotopic (exact) mass is 916 g/mol. The Labute approximate surface area is 398 Å². The van der Waals surface area contributed by atoms with Gasteiger partial charge in [-0.1, -0.05) is 194 Å². The molecule has 0 fully saturated rings. The number of carbonyl (C=O) groups is 4. The number of rotatable bonds is 47. The van der Waals surface area contributed by atoms with Crippen molar-refractivity contribution in [1.29, 1.82) is 0 Å². The topological polar surface area (TPSA) is 196 Å². The number of phosphoric ester groups is 1. The average Bonchev–Trinajstić information content (AvgIpc) is 3.23. The molecule has 0 aromatic rings. The first-order valence-corrected chi connectivity index (χ1v) is 25.7. The van der Waals surface area contributed by atoms with Gasteiger partial charge in [0.25, 0.3) is 7.82 Å². The second-order valence-corrected chi connectivity index (χ2v) is 17.7. The smallest absolute Gasteiger partial charge is 0.756 e. The third-order valence-corrected chi connectivity index (χ3v) is 11.4. The standard InChI is InChI=1S/C46H88NO13P.Na/c1-3-5-7-9-11-13-15-17-19-21-23-25-27-29-31-33-44(50)57-39-42(40-59-61(53,54)58-36-35-47-46(52)56-38-37-55-41-43(48)49)60-45(51)34-32-30-28-26-24-22-20-18-16-14-12-10-8-6-4-2;/h42H,3-41H2,1-2H3,(H,47,52)(H,48,49)(H,53,54);/q;+1/p-1/t42-;/m1./s1. The van der Waals surface area contributed by atoms with E-state index in [1.165, 1.54) is 141 Å². The van der Waals surface area contributed by atoms with Crippen molar-refractivity contribution in [2.45, 2.75) is 225 Å². The maximum absolute atomic E-state index is 12.7. The van der Waals surface area contributed by atoms with E-state index in [0.717, 1.165) is 38.5 Å². The molecule has 0 aliphatic rings. The van der Waals surface area contributed by atoms with Gasteiger partial charge in [-0.25, -0.2) is 9.59 Å². The van der Waals surface area contributed by atoms with Gasteiger partial charge in [0.05, 0.1) is 19.8 Å². The molecule has 0 aliphatic carbocycles. The number of amides is 1. The zero-order valence-electron chi connectivity index (χ0n) is 39.4.